The molecule has 9 nitrogen and oxygen atoms in total. The first-order chi connectivity index (χ1) is 18.0. The lowest BCUT2D eigenvalue weighted by atomic mass is 10.1. The van der Waals surface area contributed by atoms with Crippen LogP contribution in [0, 0.1) is 12.3 Å². The van der Waals surface area contributed by atoms with Crippen LogP contribution in [-0.4, -0.2) is 33.9 Å². The third-order valence-corrected chi connectivity index (χ3v) is 7.16. The SMILES string of the molecule is Cc1nc(-c2ccc(NC(=O)OCC(Oc3cccc4c3CC(C(=N)N)S4)c3ccccc3)cc2)no1. The van der Waals surface area contributed by atoms with E-state index in [1.807, 2.05) is 48.5 Å². The van der Waals surface area contributed by atoms with Gasteiger partial charge in [-0.3, -0.25) is 10.7 Å². The number of nitrogens with one attached hydrogen (secondary N) is 2. The van der Waals surface area contributed by atoms with E-state index in [1.165, 1.54) is 0 Å². The third-order valence-electron chi connectivity index (χ3n) is 5.82. The highest BCUT2D eigenvalue weighted by Gasteiger charge is 2.28. The van der Waals surface area contributed by atoms with Crippen molar-refractivity contribution in [2.45, 2.75) is 29.6 Å². The summed E-state index contributed by atoms with van der Waals surface area (Å²) in [4.78, 5) is 17.8. The molecule has 0 spiro atoms. The Bertz CT molecular complexity index is 1410. The smallest absolute Gasteiger partial charge is 0.411 e. The standard InChI is InChI=1S/C27H25N5O4S/c1-16-30-26(32-36-16)18-10-12-19(13-11-18)31-27(33)34-15-22(17-6-3-2-4-7-17)35-21-8-5-9-23-20(21)14-24(37-23)25(28)29/h2-13,22,24H,14-15H2,1H3,(H3,28,29)(H,31,33). The molecule has 0 aliphatic carbocycles. The van der Waals surface area contributed by atoms with Gasteiger partial charge >= 0.3 is 6.09 Å². The van der Waals surface area contributed by atoms with Gasteiger partial charge in [-0.2, -0.15) is 4.98 Å². The maximum absolute atomic E-state index is 12.6. The van der Waals surface area contributed by atoms with Crippen LogP contribution in [0.5, 0.6) is 5.75 Å². The maximum atomic E-state index is 12.6. The van der Waals surface area contributed by atoms with Crippen molar-refractivity contribution in [3.8, 4) is 17.1 Å². The summed E-state index contributed by atoms with van der Waals surface area (Å²) in [6.45, 7) is 1.73. The second kappa shape index (κ2) is 10.8. The largest absolute Gasteiger partial charge is 0.482 e. The Morgan fingerprint density at radius 3 is 2.65 bits per heavy atom. The van der Waals surface area contributed by atoms with Crippen molar-refractivity contribution < 1.29 is 18.8 Å². The first-order valence-corrected chi connectivity index (χ1v) is 12.5. The Labute approximate surface area is 217 Å². The highest BCUT2D eigenvalue weighted by molar-refractivity contribution is 8.01. The normalized spacial score (nSPS) is 15.0. The van der Waals surface area contributed by atoms with Gasteiger partial charge in [0, 0.05) is 28.6 Å². The molecule has 2 atom stereocenters. The summed E-state index contributed by atoms with van der Waals surface area (Å²) in [5.41, 5.74) is 8.98. The second-order valence-corrected chi connectivity index (χ2v) is 9.70. The number of fused-ring (bicyclic) bond motifs is 1. The zero-order chi connectivity index (χ0) is 25.8. The van der Waals surface area contributed by atoms with E-state index in [-0.39, 0.29) is 17.7 Å². The summed E-state index contributed by atoms with van der Waals surface area (Å²) >= 11 is 1.56. The number of ether oxygens (including phenoxy) is 2. The number of amides is 1. The molecule has 2 unspecified atom stereocenters. The first-order valence-electron chi connectivity index (χ1n) is 11.6. The molecule has 2 heterocycles. The summed E-state index contributed by atoms with van der Waals surface area (Å²) in [7, 11) is 0. The van der Waals surface area contributed by atoms with Gasteiger partial charge in [0.2, 0.25) is 11.7 Å². The number of nitrogens with zero attached hydrogens (tertiary/aromatic N) is 2. The highest BCUT2D eigenvalue weighted by atomic mass is 32.2. The molecule has 4 N–H and O–H groups in total. The van der Waals surface area contributed by atoms with Crippen molar-refractivity contribution in [2.75, 3.05) is 11.9 Å². The molecule has 3 aromatic carbocycles. The molecule has 0 saturated heterocycles. The van der Waals surface area contributed by atoms with Gasteiger partial charge in [-0.1, -0.05) is 41.6 Å². The number of benzene rings is 3. The molecule has 0 fully saturated rings. The Kier molecular flexibility index (Phi) is 7.09. The van der Waals surface area contributed by atoms with E-state index < -0.39 is 12.2 Å². The minimum atomic E-state index is -0.599. The summed E-state index contributed by atoms with van der Waals surface area (Å²) in [5.74, 6) is 1.80. The van der Waals surface area contributed by atoms with Crippen molar-refractivity contribution in [3.63, 3.8) is 0 Å². The van der Waals surface area contributed by atoms with Crippen LogP contribution >= 0.6 is 11.8 Å². The van der Waals surface area contributed by atoms with Gasteiger partial charge in [-0.05, 0) is 48.4 Å². The molecule has 0 radical (unpaired) electrons. The zero-order valence-corrected chi connectivity index (χ0v) is 20.8. The lowest BCUT2D eigenvalue weighted by Gasteiger charge is -2.21. The lowest BCUT2D eigenvalue weighted by Crippen LogP contribution is -2.24. The summed E-state index contributed by atoms with van der Waals surface area (Å²) < 4.78 is 17.0. The van der Waals surface area contributed by atoms with Crippen LogP contribution < -0.4 is 15.8 Å². The van der Waals surface area contributed by atoms with Crippen LogP contribution in [-0.2, 0) is 11.2 Å². The van der Waals surface area contributed by atoms with Gasteiger partial charge in [-0.15, -0.1) is 11.8 Å². The second-order valence-electron chi connectivity index (χ2n) is 8.45. The van der Waals surface area contributed by atoms with Crippen molar-refractivity contribution in [3.05, 3.63) is 89.8 Å². The van der Waals surface area contributed by atoms with Crippen molar-refractivity contribution in [1.82, 2.24) is 10.1 Å². The van der Waals surface area contributed by atoms with E-state index in [9.17, 15) is 4.79 Å². The minimum absolute atomic E-state index is 0.00299. The van der Waals surface area contributed by atoms with Crippen LogP contribution in [0.15, 0.2) is 82.2 Å². The fraction of sp³-hybridized carbons (Fsp3) is 0.185. The van der Waals surface area contributed by atoms with E-state index >= 15 is 0 Å². The number of nitrogens with two attached hydrogens (primary N) is 1. The Morgan fingerprint density at radius 2 is 1.95 bits per heavy atom. The van der Waals surface area contributed by atoms with E-state index in [1.54, 1.807) is 43.0 Å². The predicted octanol–water partition coefficient (Wildman–Crippen LogP) is 5.37. The number of hydrogen-bond donors (Lipinski definition) is 3. The molecule has 1 amide bonds. The summed E-state index contributed by atoms with van der Waals surface area (Å²) in [6.07, 6.45) is -0.504. The number of carbonyl (C=O) groups is 1. The summed E-state index contributed by atoms with van der Waals surface area (Å²) in [5, 5.41) is 14.3. The van der Waals surface area contributed by atoms with Gasteiger partial charge in [0.1, 0.15) is 18.2 Å². The number of amidine groups is 1. The topological polar surface area (TPSA) is 136 Å². The van der Waals surface area contributed by atoms with Crippen LogP contribution in [0.25, 0.3) is 11.4 Å². The minimum Gasteiger partial charge on any atom is -0.482 e. The number of hydrogen-bond acceptors (Lipinski definition) is 8. The van der Waals surface area contributed by atoms with Gasteiger partial charge in [-0.25, -0.2) is 4.79 Å². The highest BCUT2D eigenvalue weighted by Crippen LogP contribution is 2.42. The first kappa shape index (κ1) is 24.4. The maximum Gasteiger partial charge on any atom is 0.411 e. The molecule has 0 bridgehead atoms. The number of anilines is 1. The summed E-state index contributed by atoms with van der Waals surface area (Å²) in [6, 6.07) is 22.5. The van der Waals surface area contributed by atoms with Crippen LogP contribution in [0.2, 0.25) is 0 Å². The van der Waals surface area contributed by atoms with E-state index in [0.29, 0.717) is 29.6 Å². The fourth-order valence-electron chi connectivity index (χ4n) is 3.96. The molecule has 0 saturated carbocycles. The fourth-order valence-corrected chi connectivity index (χ4v) is 5.13. The molecule has 10 heteroatoms. The molecule has 5 rings (SSSR count). The van der Waals surface area contributed by atoms with Gasteiger partial charge < -0.3 is 19.7 Å². The van der Waals surface area contributed by atoms with Crippen molar-refractivity contribution in [2.24, 2.45) is 5.73 Å². The molecular formula is C27H25N5O4S. The molecular weight excluding hydrogens is 490 g/mol. The molecule has 37 heavy (non-hydrogen) atoms. The van der Waals surface area contributed by atoms with Gasteiger partial charge in [0.15, 0.2) is 6.10 Å². The Morgan fingerprint density at radius 1 is 1.16 bits per heavy atom. The molecule has 1 aliphatic rings. The number of rotatable bonds is 8. The molecule has 1 aliphatic heterocycles. The average Bonchev–Trinajstić information content (AvgIpc) is 3.54. The molecule has 4 aromatic rings. The predicted molar refractivity (Wildman–Crippen MR) is 141 cm³/mol. The molecule has 188 valence electrons. The number of aromatic nitrogens is 2. The van der Waals surface area contributed by atoms with Crippen molar-refractivity contribution >= 4 is 29.4 Å². The lowest BCUT2D eigenvalue weighted by molar-refractivity contribution is 0.0893. The zero-order valence-electron chi connectivity index (χ0n) is 20.0. The number of carbonyl (C=O) groups excluding carboxylic acids is 1. The van der Waals surface area contributed by atoms with Crippen molar-refractivity contribution in [1.29, 1.82) is 5.41 Å². The van der Waals surface area contributed by atoms with Crippen LogP contribution in [0.1, 0.15) is 23.1 Å². The Balaban J connectivity index is 1.26. The van der Waals surface area contributed by atoms with Crippen LogP contribution in [0.4, 0.5) is 10.5 Å². The monoisotopic (exact) mass is 515 g/mol. The molecule has 1 aromatic heterocycles. The average molecular weight is 516 g/mol. The quantitative estimate of drug-likeness (QED) is 0.211. The van der Waals surface area contributed by atoms with E-state index in [0.717, 1.165) is 21.6 Å². The van der Waals surface area contributed by atoms with E-state index in [4.69, 9.17) is 25.1 Å². The van der Waals surface area contributed by atoms with E-state index in [2.05, 4.69) is 15.5 Å². The Hall–Kier alpha value is -4.31. The van der Waals surface area contributed by atoms with Crippen LogP contribution in [0.3, 0.4) is 0 Å². The van der Waals surface area contributed by atoms with Gasteiger partial charge in [0.25, 0.3) is 0 Å². The number of aryl methyl sites for hydroxylation is 1. The van der Waals surface area contributed by atoms with Gasteiger partial charge in [0.05, 0.1) is 5.25 Å². The number of thioether (sulfide) groups is 1. The third kappa shape index (κ3) is 5.75.